The van der Waals surface area contributed by atoms with Crippen molar-refractivity contribution in [1.82, 2.24) is 15.0 Å². The Bertz CT molecular complexity index is 887. The highest BCUT2D eigenvalue weighted by molar-refractivity contribution is 6.06. The Morgan fingerprint density at radius 2 is 1.75 bits per heavy atom. The van der Waals surface area contributed by atoms with Gasteiger partial charge in [0.1, 0.15) is 6.04 Å². The van der Waals surface area contributed by atoms with Gasteiger partial charge in [0.15, 0.2) is 0 Å². The number of imide groups is 1. The van der Waals surface area contributed by atoms with Crippen LogP contribution in [-0.2, 0) is 20.9 Å². The normalized spacial score (nSPS) is 29.1. The molecule has 0 saturated carbocycles. The lowest BCUT2D eigenvalue weighted by Gasteiger charge is -2.21. The maximum Gasteiger partial charge on any atom is 0.249 e. The van der Waals surface area contributed by atoms with E-state index in [-0.39, 0.29) is 54.2 Å². The largest absolute Gasteiger partial charge is 0.373 e. The number of carbonyl (C=O) groups excluding carboxylic acids is 2. The summed E-state index contributed by atoms with van der Waals surface area (Å²) in [4.78, 5) is 31.4. The second-order valence-electron chi connectivity index (χ2n) is 7.42. The van der Waals surface area contributed by atoms with Crippen LogP contribution >= 0.6 is 12.4 Å². The smallest absolute Gasteiger partial charge is 0.249 e. The third-order valence-corrected chi connectivity index (χ3v) is 5.95. The molecule has 28 heavy (non-hydrogen) atoms. The summed E-state index contributed by atoms with van der Waals surface area (Å²) in [5.74, 6) is -0.408. The Labute approximate surface area is 167 Å². The molecule has 9 heteroatoms. The third kappa shape index (κ3) is 2.67. The van der Waals surface area contributed by atoms with Gasteiger partial charge in [-0.05, 0) is 25.3 Å². The molecule has 2 bridgehead atoms. The number of aromatic nitrogens is 2. The van der Waals surface area contributed by atoms with Gasteiger partial charge in [0.25, 0.3) is 0 Å². The Kier molecular flexibility index (Phi) is 4.73. The molecular weight excluding hydrogens is 384 g/mol. The van der Waals surface area contributed by atoms with Crippen molar-refractivity contribution in [1.29, 1.82) is 0 Å². The second kappa shape index (κ2) is 6.95. The van der Waals surface area contributed by atoms with E-state index in [1.807, 2.05) is 24.3 Å². The van der Waals surface area contributed by atoms with Crippen LogP contribution < -0.4 is 5.73 Å². The fraction of sp³-hybridized carbons (Fsp3) is 0.474. The molecule has 8 nitrogen and oxygen atoms in total. The molecule has 148 valence electrons. The van der Waals surface area contributed by atoms with Crippen LogP contribution in [0.5, 0.6) is 0 Å². The van der Waals surface area contributed by atoms with Gasteiger partial charge in [0.05, 0.1) is 24.0 Å². The minimum atomic E-state index is -0.598. The number of carbonyl (C=O) groups is 2. The molecule has 0 spiro atoms. The fourth-order valence-corrected chi connectivity index (χ4v) is 4.54. The van der Waals surface area contributed by atoms with Crippen LogP contribution in [-0.4, -0.2) is 39.1 Å². The van der Waals surface area contributed by atoms with Crippen LogP contribution in [0.15, 0.2) is 28.8 Å². The lowest BCUT2D eigenvalue weighted by atomic mass is 9.81. The lowest BCUT2D eigenvalue weighted by Crippen LogP contribution is -2.36. The molecular formula is C19H21ClN4O4. The quantitative estimate of drug-likeness (QED) is 0.773. The molecule has 5 unspecified atom stereocenters. The molecule has 2 amide bonds. The maximum absolute atomic E-state index is 12.9. The molecule has 3 aliphatic heterocycles. The molecule has 0 radical (unpaired) electrons. The molecule has 1 aromatic heterocycles. The monoisotopic (exact) mass is 404 g/mol. The van der Waals surface area contributed by atoms with Gasteiger partial charge < -0.3 is 15.0 Å². The van der Waals surface area contributed by atoms with Crippen molar-refractivity contribution in [3.8, 4) is 11.4 Å². The van der Waals surface area contributed by atoms with Crippen LogP contribution in [0.3, 0.4) is 0 Å². The van der Waals surface area contributed by atoms with Crippen molar-refractivity contribution in [2.45, 2.75) is 44.6 Å². The predicted molar refractivity (Wildman–Crippen MR) is 100 cm³/mol. The zero-order chi connectivity index (χ0) is 18.7. The minimum Gasteiger partial charge on any atom is -0.373 e. The Balaban J connectivity index is 0.00000192. The number of halogens is 1. The average molecular weight is 405 g/mol. The van der Waals surface area contributed by atoms with Crippen molar-refractivity contribution >= 4 is 24.2 Å². The molecule has 0 aliphatic carbocycles. The van der Waals surface area contributed by atoms with Crippen LogP contribution in [0.4, 0.5) is 0 Å². The first kappa shape index (κ1) is 19.0. The van der Waals surface area contributed by atoms with Crippen molar-refractivity contribution in [2.24, 2.45) is 17.6 Å². The summed E-state index contributed by atoms with van der Waals surface area (Å²) in [5, 5.41) is 4.01. The van der Waals surface area contributed by atoms with Crippen molar-refractivity contribution in [3.05, 3.63) is 35.7 Å². The number of rotatable bonds is 4. The Morgan fingerprint density at radius 3 is 2.32 bits per heavy atom. The number of ether oxygens (including phenoxy) is 1. The van der Waals surface area contributed by atoms with Gasteiger partial charge >= 0.3 is 0 Å². The number of nitrogens with zero attached hydrogens (tertiary/aromatic N) is 3. The minimum absolute atomic E-state index is 0. The fourth-order valence-electron chi connectivity index (χ4n) is 4.54. The number of benzene rings is 1. The molecule has 3 saturated heterocycles. The van der Waals surface area contributed by atoms with Gasteiger partial charge in [-0.25, -0.2) is 0 Å². The summed E-state index contributed by atoms with van der Waals surface area (Å²) in [6, 6.07) is 6.94. The number of hydrogen-bond donors (Lipinski definition) is 1. The molecule has 3 aliphatic rings. The highest BCUT2D eigenvalue weighted by Gasteiger charge is 2.63. The van der Waals surface area contributed by atoms with E-state index < -0.39 is 6.04 Å². The van der Waals surface area contributed by atoms with Gasteiger partial charge in [0.2, 0.25) is 23.5 Å². The van der Waals surface area contributed by atoms with Gasteiger partial charge in [-0.2, -0.15) is 4.98 Å². The van der Waals surface area contributed by atoms with E-state index in [1.165, 1.54) is 4.90 Å². The van der Waals surface area contributed by atoms with Crippen LogP contribution in [0.25, 0.3) is 11.4 Å². The van der Waals surface area contributed by atoms with E-state index in [2.05, 4.69) is 10.1 Å². The zero-order valence-corrected chi connectivity index (χ0v) is 16.1. The highest BCUT2D eigenvalue weighted by Crippen LogP contribution is 2.50. The van der Waals surface area contributed by atoms with E-state index in [0.29, 0.717) is 12.4 Å². The topological polar surface area (TPSA) is 112 Å². The summed E-state index contributed by atoms with van der Waals surface area (Å²) in [6.07, 6.45) is 1.42. The summed E-state index contributed by atoms with van der Waals surface area (Å²) in [5.41, 5.74) is 7.41. The summed E-state index contributed by atoms with van der Waals surface area (Å²) < 4.78 is 11.1. The SMILES string of the molecule is CC(c1nc(-c2ccc(CN)cc2)no1)N1C(=O)C2C3CCC(O3)C2C1=O.Cl. The van der Waals surface area contributed by atoms with Crippen molar-refractivity contribution < 1.29 is 18.8 Å². The van der Waals surface area contributed by atoms with Gasteiger partial charge in [0, 0.05) is 12.1 Å². The molecule has 2 aromatic rings. The average Bonchev–Trinajstić information content (AvgIpc) is 3.45. The van der Waals surface area contributed by atoms with E-state index in [1.54, 1.807) is 6.92 Å². The van der Waals surface area contributed by atoms with Crippen LogP contribution in [0.2, 0.25) is 0 Å². The zero-order valence-electron chi connectivity index (χ0n) is 15.3. The molecule has 3 fully saturated rings. The Hall–Kier alpha value is -2.29. The lowest BCUT2D eigenvalue weighted by molar-refractivity contribution is -0.145. The molecule has 5 rings (SSSR count). The molecule has 2 N–H and O–H groups in total. The van der Waals surface area contributed by atoms with Crippen molar-refractivity contribution in [3.63, 3.8) is 0 Å². The third-order valence-electron chi connectivity index (χ3n) is 5.95. The maximum atomic E-state index is 12.9. The highest BCUT2D eigenvalue weighted by atomic mass is 35.5. The number of fused-ring (bicyclic) bond motifs is 5. The van der Waals surface area contributed by atoms with E-state index in [9.17, 15) is 9.59 Å². The van der Waals surface area contributed by atoms with E-state index >= 15 is 0 Å². The van der Waals surface area contributed by atoms with Gasteiger partial charge in [-0.3, -0.25) is 14.5 Å². The van der Waals surface area contributed by atoms with E-state index in [0.717, 1.165) is 24.0 Å². The van der Waals surface area contributed by atoms with Crippen LogP contribution in [0.1, 0.15) is 37.3 Å². The Morgan fingerprint density at radius 1 is 1.14 bits per heavy atom. The summed E-state index contributed by atoms with van der Waals surface area (Å²) in [7, 11) is 0. The number of likely N-dealkylation sites (tertiary alicyclic amines) is 1. The predicted octanol–water partition coefficient (Wildman–Crippen LogP) is 1.84. The van der Waals surface area contributed by atoms with E-state index in [4.69, 9.17) is 15.0 Å². The first-order valence-corrected chi connectivity index (χ1v) is 9.24. The summed E-state index contributed by atoms with van der Waals surface area (Å²) >= 11 is 0. The van der Waals surface area contributed by atoms with Gasteiger partial charge in [-0.1, -0.05) is 29.4 Å². The van der Waals surface area contributed by atoms with Gasteiger partial charge in [-0.15, -0.1) is 12.4 Å². The first-order chi connectivity index (χ1) is 13.1. The second-order valence-corrected chi connectivity index (χ2v) is 7.42. The number of amides is 2. The molecule has 5 atom stereocenters. The molecule has 1 aromatic carbocycles. The van der Waals surface area contributed by atoms with Crippen LogP contribution in [0, 0.1) is 11.8 Å². The standard InChI is InChI=1S/C19H20N4O4.ClH/c1-9(17-21-16(22-27-17)11-4-2-10(8-20)3-5-11)23-18(24)14-12-6-7-13(26-12)15(14)19(23)25;/h2-5,9,12-15H,6-8,20H2,1H3;1H. The first-order valence-electron chi connectivity index (χ1n) is 9.24. The molecule has 4 heterocycles. The number of nitrogens with two attached hydrogens (primary N) is 1. The summed E-state index contributed by atoms with van der Waals surface area (Å²) in [6.45, 7) is 2.20. The number of hydrogen-bond acceptors (Lipinski definition) is 7. The van der Waals surface area contributed by atoms with Crippen molar-refractivity contribution in [2.75, 3.05) is 0 Å².